The van der Waals surface area contributed by atoms with Crippen LogP contribution in [-0.4, -0.2) is 56.6 Å². The van der Waals surface area contributed by atoms with E-state index >= 15 is 0 Å². The highest BCUT2D eigenvalue weighted by molar-refractivity contribution is 6.01. The number of benzene rings is 3. The first-order valence-corrected chi connectivity index (χ1v) is 17.3. The van der Waals surface area contributed by atoms with Gasteiger partial charge in [0.25, 0.3) is 5.91 Å². The Morgan fingerprint density at radius 2 is 1.83 bits per heavy atom. The molecule has 2 amide bonds. The summed E-state index contributed by atoms with van der Waals surface area (Å²) in [7, 11) is 3.69. The monoisotopic (exact) mass is 642 g/mol. The Morgan fingerprint density at radius 3 is 2.56 bits per heavy atom. The number of likely N-dealkylation sites (tertiary alicyclic amines) is 1. The molecular weight excluding hydrogens is 600 g/mol. The lowest BCUT2D eigenvalue weighted by molar-refractivity contribution is -0.117. The fraction of sp³-hybridized carbons (Fsp3) is 0.410. The molecule has 1 saturated heterocycles. The van der Waals surface area contributed by atoms with Gasteiger partial charge in [-0.15, -0.1) is 0 Å². The molecule has 2 aliphatic carbocycles. The maximum absolute atomic E-state index is 13.8. The van der Waals surface area contributed by atoms with Gasteiger partial charge in [0.05, 0.1) is 18.3 Å². The van der Waals surface area contributed by atoms with Crippen LogP contribution in [0.2, 0.25) is 0 Å². The molecule has 4 aliphatic rings. The summed E-state index contributed by atoms with van der Waals surface area (Å²) in [4.78, 5) is 33.2. The van der Waals surface area contributed by atoms with E-state index in [4.69, 9.17) is 15.5 Å². The van der Waals surface area contributed by atoms with Crippen molar-refractivity contribution in [2.75, 3.05) is 19.0 Å². The number of nitrogens with one attached hydrogen (secondary N) is 1. The number of piperidine rings is 1. The largest absolute Gasteiger partial charge is 0.494 e. The fourth-order valence-corrected chi connectivity index (χ4v) is 8.72. The molecule has 2 aromatic heterocycles. The highest BCUT2D eigenvalue weighted by Gasteiger charge is 2.47. The molecule has 9 rings (SSSR count). The number of hydrogen-bond acceptors (Lipinski definition) is 5. The lowest BCUT2D eigenvalue weighted by Crippen LogP contribution is -2.41. The van der Waals surface area contributed by atoms with E-state index in [-0.39, 0.29) is 29.3 Å². The number of aromatic nitrogens is 3. The zero-order valence-corrected chi connectivity index (χ0v) is 28.0. The fourth-order valence-electron chi connectivity index (χ4n) is 8.72. The Bertz CT molecular complexity index is 2170. The topological polar surface area (TPSA) is 107 Å². The molecule has 2 bridgehead atoms. The van der Waals surface area contributed by atoms with Gasteiger partial charge in [-0.3, -0.25) is 9.59 Å². The first-order valence-electron chi connectivity index (χ1n) is 17.3. The van der Waals surface area contributed by atoms with Gasteiger partial charge in [0, 0.05) is 66.2 Å². The van der Waals surface area contributed by atoms with Gasteiger partial charge >= 0.3 is 0 Å². The van der Waals surface area contributed by atoms with Gasteiger partial charge < -0.3 is 29.8 Å². The predicted molar refractivity (Wildman–Crippen MR) is 188 cm³/mol. The van der Waals surface area contributed by atoms with Crippen molar-refractivity contribution in [3.05, 3.63) is 65.7 Å². The van der Waals surface area contributed by atoms with Crippen LogP contribution in [-0.2, 0) is 23.8 Å². The SMILES string of the molecule is COc1cc(C(=O)N2CC3CCC2[C@@H]3N)cc2nc(-c3cc4ccc(-c5ccc6c(c5)C(C)(C)CC(=O)N6)cc4n3CC3CC3)n(C)c12. The van der Waals surface area contributed by atoms with Crippen molar-refractivity contribution < 1.29 is 14.3 Å². The smallest absolute Gasteiger partial charge is 0.254 e. The highest BCUT2D eigenvalue weighted by atomic mass is 16.5. The molecule has 9 heteroatoms. The number of carbonyl (C=O) groups is 2. The zero-order valence-electron chi connectivity index (χ0n) is 28.0. The number of aryl methyl sites for hydroxylation is 1. The third-order valence-electron chi connectivity index (χ3n) is 11.5. The molecule has 9 nitrogen and oxygen atoms in total. The Morgan fingerprint density at radius 1 is 1.04 bits per heavy atom. The van der Waals surface area contributed by atoms with Gasteiger partial charge in [0.2, 0.25) is 5.91 Å². The molecule has 48 heavy (non-hydrogen) atoms. The summed E-state index contributed by atoms with van der Waals surface area (Å²) in [6.45, 7) is 5.93. The van der Waals surface area contributed by atoms with E-state index in [1.165, 1.54) is 23.9 Å². The summed E-state index contributed by atoms with van der Waals surface area (Å²) in [5.74, 6) is 2.60. The standard InChI is InChI=1S/C39H42N6O3/c1-39(2)18-34(46)41-28-11-9-22(13-27(28)39)23-7-8-24-16-32(44(31(24)15-23)19-21-5-6-21)37-42-29-14-26(17-33(48-4)36(29)43(37)3)38(47)45-20-25-10-12-30(45)35(25)40/h7-9,11,13-17,21,25,30,35H,5-6,10,12,18-20,40H2,1-4H3,(H,41,46)/t25?,30?,35-/m1/s1. The minimum atomic E-state index is -0.232. The Labute approximate surface area is 280 Å². The van der Waals surface area contributed by atoms with Crippen LogP contribution < -0.4 is 15.8 Å². The minimum Gasteiger partial charge on any atom is -0.494 e. The van der Waals surface area contributed by atoms with Crippen molar-refractivity contribution in [1.29, 1.82) is 0 Å². The molecule has 4 heterocycles. The number of fused-ring (bicyclic) bond motifs is 5. The summed E-state index contributed by atoms with van der Waals surface area (Å²) in [6, 6.07) is 19.3. The molecule has 2 aliphatic heterocycles. The maximum atomic E-state index is 13.8. The zero-order chi connectivity index (χ0) is 33.1. The summed E-state index contributed by atoms with van der Waals surface area (Å²) >= 11 is 0. The van der Waals surface area contributed by atoms with Gasteiger partial charge in [-0.05, 0) is 90.6 Å². The third-order valence-corrected chi connectivity index (χ3v) is 11.5. The number of ether oxygens (including phenoxy) is 1. The van der Waals surface area contributed by atoms with Crippen LogP contribution >= 0.6 is 0 Å². The van der Waals surface area contributed by atoms with Crippen molar-refractivity contribution in [1.82, 2.24) is 19.0 Å². The van der Waals surface area contributed by atoms with E-state index in [2.05, 4.69) is 64.7 Å². The van der Waals surface area contributed by atoms with Gasteiger partial charge in [-0.25, -0.2) is 4.98 Å². The number of carbonyl (C=O) groups excluding carboxylic acids is 2. The van der Waals surface area contributed by atoms with Crippen LogP contribution in [0, 0.1) is 11.8 Å². The van der Waals surface area contributed by atoms with Crippen LogP contribution in [0.3, 0.4) is 0 Å². The molecule has 3 aromatic carbocycles. The second kappa shape index (κ2) is 10.4. The van der Waals surface area contributed by atoms with Crippen LogP contribution in [0.15, 0.2) is 54.6 Å². The molecule has 246 valence electrons. The molecular formula is C39H42N6O3. The lowest BCUT2D eigenvalue weighted by Gasteiger charge is -2.32. The average Bonchev–Trinajstić information content (AvgIpc) is 3.47. The first-order chi connectivity index (χ1) is 23.1. The number of nitrogens with two attached hydrogens (primary N) is 1. The highest BCUT2D eigenvalue weighted by Crippen LogP contribution is 2.42. The number of nitrogens with zero attached hydrogens (tertiary/aromatic N) is 4. The number of amides is 2. The van der Waals surface area contributed by atoms with E-state index in [0.717, 1.165) is 70.7 Å². The Hall–Kier alpha value is -4.63. The number of rotatable bonds is 6. The molecule has 5 aromatic rings. The third kappa shape index (κ3) is 4.50. The Kier molecular flexibility index (Phi) is 6.41. The van der Waals surface area contributed by atoms with Gasteiger partial charge in [0.15, 0.2) is 5.82 Å². The predicted octanol–water partition coefficient (Wildman–Crippen LogP) is 6.46. The van der Waals surface area contributed by atoms with Crippen LogP contribution in [0.25, 0.3) is 44.6 Å². The summed E-state index contributed by atoms with van der Waals surface area (Å²) in [5, 5.41) is 4.21. The Balaban J connectivity index is 1.14. The summed E-state index contributed by atoms with van der Waals surface area (Å²) < 4.78 is 10.4. The number of imidazole rings is 1. The van der Waals surface area contributed by atoms with E-state index in [9.17, 15) is 9.59 Å². The van der Waals surface area contributed by atoms with Gasteiger partial charge in [0.1, 0.15) is 11.3 Å². The summed E-state index contributed by atoms with van der Waals surface area (Å²) in [5.41, 5.74) is 15.0. The van der Waals surface area contributed by atoms with E-state index in [1.54, 1.807) is 7.11 Å². The number of anilines is 1. The van der Waals surface area contributed by atoms with Crippen LogP contribution in [0.4, 0.5) is 5.69 Å². The molecule has 2 unspecified atom stereocenters. The van der Waals surface area contributed by atoms with E-state index < -0.39 is 0 Å². The van der Waals surface area contributed by atoms with E-state index in [1.807, 2.05) is 30.1 Å². The van der Waals surface area contributed by atoms with E-state index in [0.29, 0.717) is 29.6 Å². The lowest BCUT2D eigenvalue weighted by atomic mass is 9.77. The quantitative estimate of drug-likeness (QED) is 0.221. The van der Waals surface area contributed by atoms with Crippen molar-refractivity contribution in [3.63, 3.8) is 0 Å². The average molecular weight is 643 g/mol. The number of hydrogen-bond donors (Lipinski definition) is 2. The first kappa shape index (κ1) is 29.5. The summed E-state index contributed by atoms with van der Waals surface area (Å²) in [6.07, 6.45) is 5.01. The molecule has 0 radical (unpaired) electrons. The maximum Gasteiger partial charge on any atom is 0.254 e. The second-order valence-corrected chi connectivity index (χ2v) is 15.2. The van der Waals surface area contributed by atoms with Crippen LogP contribution in [0.1, 0.15) is 61.9 Å². The number of methoxy groups -OCH3 is 1. The minimum absolute atomic E-state index is 0.00776. The molecule has 2 saturated carbocycles. The van der Waals surface area contributed by atoms with Crippen molar-refractivity contribution in [2.24, 2.45) is 24.6 Å². The van der Waals surface area contributed by atoms with Crippen molar-refractivity contribution in [2.45, 2.75) is 70.0 Å². The molecule has 3 N–H and O–H groups in total. The molecule has 0 spiro atoms. The van der Waals surface area contributed by atoms with Crippen LogP contribution in [0.5, 0.6) is 5.75 Å². The van der Waals surface area contributed by atoms with Crippen molar-refractivity contribution in [3.8, 4) is 28.4 Å². The van der Waals surface area contributed by atoms with Crippen molar-refractivity contribution >= 4 is 39.4 Å². The van der Waals surface area contributed by atoms with Gasteiger partial charge in [-0.1, -0.05) is 32.0 Å². The molecule has 3 fully saturated rings. The normalized spacial score (nSPS) is 22.8. The van der Waals surface area contributed by atoms with Gasteiger partial charge in [-0.2, -0.15) is 0 Å². The molecule has 3 atom stereocenters. The second-order valence-electron chi connectivity index (χ2n) is 15.2.